The van der Waals surface area contributed by atoms with Crippen molar-refractivity contribution in [1.29, 1.82) is 0 Å². The van der Waals surface area contributed by atoms with Gasteiger partial charge in [0.1, 0.15) is 4.90 Å². The van der Waals surface area contributed by atoms with Crippen LogP contribution in [-0.4, -0.2) is 36.6 Å². The molecule has 0 fully saturated rings. The first kappa shape index (κ1) is 14.0. The van der Waals surface area contributed by atoms with Crippen LogP contribution < -0.4 is 0 Å². The zero-order valence-corrected chi connectivity index (χ0v) is 12.4. The summed E-state index contributed by atoms with van der Waals surface area (Å²) in [6.07, 6.45) is 1.34. The van der Waals surface area contributed by atoms with E-state index < -0.39 is 10.0 Å². The second kappa shape index (κ2) is 4.96. The predicted octanol–water partition coefficient (Wildman–Crippen LogP) is 2.08. The van der Waals surface area contributed by atoms with Crippen molar-refractivity contribution in [3.8, 4) is 5.69 Å². The maximum Gasteiger partial charge on any atom is 0.245 e. The lowest BCUT2D eigenvalue weighted by Crippen LogP contribution is -2.22. The summed E-state index contributed by atoms with van der Waals surface area (Å²) in [6, 6.07) is 7.15. The Hall–Kier alpha value is -1.37. The molecular formula is C12H14ClN3O2S. The number of benzene rings is 1. The van der Waals surface area contributed by atoms with E-state index in [2.05, 4.69) is 5.10 Å². The number of hydrogen-bond donors (Lipinski definition) is 0. The van der Waals surface area contributed by atoms with E-state index in [1.807, 2.05) is 12.1 Å². The molecule has 0 N–H and O–H groups in total. The third-order valence-electron chi connectivity index (χ3n) is 2.80. The van der Waals surface area contributed by atoms with Crippen molar-refractivity contribution in [2.24, 2.45) is 0 Å². The van der Waals surface area contributed by atoms with Crippen molar-refractivity contribution >= 4 is 21.6 Å². The van der Waals surface area contributed by atoms with Crippen LogP contribution in [0.15, 0.2) is 35.4 Å². The summed E-state index contributed by atoms with van der Waals surface area (Å²) in [5, 5.41) is 4.64. The summed E-state index contributed by atoms with van der Waals surface area (Å²) < 4.78 is 26.9. The van der Waals surface area contributed by atoms with Crippen molar-refractivity contribution in [3.63, 3.8) is 0 Å². The first-order chi connectivity index (χ1) is 8.85. The van der Waals surface area contributed by atoms with Gasteiger partial charge in [-0.3, -0.25) is 0 Å². The monoisotopic (exact) mass is 299 g/mol. The third kappa shape index (κ3) is 2.39. The van der Waals surface area contributed by atoms with Gasteiger partial charge in [0, 0.05) is 14.1 Å². The summed E-state index contributed by atoms with van der Waals surface area (Å²) >= 11 is 6.10. The van der Waals surface area contributed by atoms with Crippen LogP contribution in [0.3, 0.4) is 0 Å². The molecule has 0 atom stereocenters. The standard InChI is InChI=1S/C12H14ClN3O2S/c1-9-12(19(17,18)15(2)3)8-14-16(9)11-7-5-4-6-10(11)13/h4-8H,1-3H3. The molecule has 102 valence electrons. The zero-order chi connectivity index (χ0) is 14.2. The molecule has 1 heterocycles. The van der Waals surface area contributed by atoms with Gasteiger partial charge < -0.3 is 0 Å². The molecule has 0 unspecified atom stereocenters. The minimum Gasteiger partial charge on any atom is -0.235 e. The molecular weight excluding hydrogens is 286 g/mol. The molecule has 0 amide bonds. The van der Waals surface area contributed by atoms with Crippen LogP contribution in [0, 0.1) is 6.92 Å². The van der Waals surface area contributed by atoms with E-state index >= 15 is 0 Å². The molecule has 0 aliphatic heterocycles. The number of aromatic nitrogens is 2. The molecule has 0 spiro atoms. The first-order valence-electron chi connectivity index (χ1n) is 5.57. The van der Waals surface area contributed by atoms with Crippen molar-refractivity contribution in [1.82, 2.24) is 14.1 Å². The lowest BCUT2D eigenvalue weighted by atomic mass is 10.3. The Morgan fingerprint density at radius 1 is 1.26 bits per heavy atom. The number of sulfonamides is 1. The molecule has 0 aliphatic rings. The summed E-state index contributed by atoms with van der Waals surface area (Å²) in [5.41, 5.74) is 1.18. The van der Waals surface area contributed by atoms with Gasteiger partial charge in [0.05, 0.1) is 22.6 Å². The minimum absolute atomic E-state index is 0.178. The highest BCUT2D eigenvalue weighted by Gasteiger charge is 2.23. The van der Waals surface area contributed by atoms with Gasteiger partial charge in [-0.15, -0.1) is 0 Å². The van der Waals surface area contributed by atoms with Crippen molar-refractivity contribution < 1.29 is 8.42 Å². The first-order valence-corrected chi connectivity index (χ1v) is 7.39. The van der Waals surface area contributed by atoms with Crippen LogP contribution in [-0.2, 0) is 10.0 Å². The Balaban J connectivity index is 2.60. The minimum atomic E-state index is -3.50. The summed E-state index contributed by atoms with van der Waals surface area (Å²) in [7, 11) is -0.525. The Bertz CT molecular complexity index is 708. The van der Waals surface area contributed by atoms with Crippen molar-refractivity contribution in [3.05, 3.63) is 41.2 Å². The van der Waals surface area contributed by atoms with Crippen LogP contribution in [0.2, 0.25) is 5.02 Å². The number of nitrogens with zero attached hydrogens (tertiary/aromatic N) is 3. The fraction of sp³-hybridized carbons (Fsp3) is 0.250. The molecule has 0 bridgehead atoms. The lowest BCUT2D eigenvalue weighted by molar-refractivity contribution is 0.520. The zero-order valence-electron chi connectivity index (χ0n) is 10.8. The number of hydrogen-bond acceptors (Lipinski definition) is 3. The number of para-hydroxylation sites is 1. The van der Waals surface area contributed by atoms with E-state index in [4.69, 9.17) is 11.6 Å². The van der Waals surface area contributed by atoms with Crippen LogP contribution >= 0.6 is 11.6 Å². The summed E-state index contributed by atoms with van der Waals surface area (Å²) in [6.45, 7) is 1.70. The van der Waals surface area contributed by atoms with Crippen molar-refractivity contribution in [2.75, 3.05) is 14.1 Å². The Labute approximate surface area is 117 Å². The molecule has 1 aromatic carbocycles. The highest BCUT2D eigenvalue weighted by molar-refractivity contribution is 7.89. The SMILES string of the molecule is Cc1c(S(=O)(=O)N(C)C)cnn1-c1ccccc1Cl. The normalized spacial score (nSPS) is 12.1. The third-order valence-corrected chi connectivity index (χ3v) is 5.04. The molecule has 7 heteroatoms. The molecule has 2 aromatic rings. The molecule has 5 nitrogen and oxygen atoms in total. The van der Waals surface area contributed by atoms with E-state index in [0.717, 1.165) is 4.31 Å². The van der Waals surface area contributed by atoms with E-state index in [0.29, 0.717) is 16.4 Å². The maximum atomic E-state index is 12.1. The predicted molar refractivity (Wildman–Crippen MR) is 74.2 cm³/mol. The average Bonchev–Trinajstić information content (AvgIpc) is 2.72. The molecule has 19 heavy (non-hydrogen) atoms. The van der Waals surface area contributed by atoms with Crippen LogP contribution in [0.5, 0.6) is 0 Å². The molecule has 0 saturated heterocycles. The van der Waals surface area contributed by atoms with Crippen molar-refractivity contribution in [2.45, 2.75) is 11.8 Å². The van der Waals surface area contributed by atoms with Gasteiger partial charge in [0.25, 0.3) is 0 Å². The van der Waals surface area contributed by atoms with Gasteiger partial charge in [-0.25, -0.2) is 17.4 Å². The number of rotatable bonds is 3. The fourth-order valence-corrected chi connectivity index (χ4v) is 2.96. The van der Waals surface area contributed by atoms with Gasteiger partial charge in [-0.2, -0.15) is 5.10 Å². The average molecular weight is 300 g/mol. The summed E-state index contributed by atoms with van der Waals surface area (Å²) in [5.74, 6) is 0. The molecule has 0 saturated carbocycles. The highest BCUT2D eigenvalue weighted by atomic mass is 35.5. The van der Waals surface area contributed by atoms with E-state index in [1.54, 1.807) is 19.1 Å². The van der Waals surface area contributed by atoms with Gasteiger partial charge in [0.2, 0.25) is 10.0 Å². The smallest absolute Gasteiger partial charge is 0.235 e. The maximum absolute atomic E-state index is 12.1. The molecule has 0 radical (unpaired) electrons. The van der Waals surface area contributed by atoms with E-state index in [1.165, 1.54) is 25.0 Å². The largest absolute Gasteiger partial charge is 0.245 e. The lowest BCUT2D eigenvalue weighted by Gasteiger charge is -2.11. The number of halogens is 1. The van der Waals surface area contributed by atoms with Crippen LogP contribution in [0.25, 0.3) is 5.69 Å². The molecule has 2 rings (SSSR count). The van der Waals surface area contributed by atoms with Crippen LogP contribution in [0.1, 0.15) is 5.69 Å². The van der Waals surface area contributed by atoms with Gasteiger partial charge in [0.15, 0.2) is 0 Å². The second-order valence-corrected chi connectivity index (χ2v) is 6.77. The van der Waals surface area contributed by atoms with Gasteiger partial charge in [-0.05, 0) is 19.1 Å². The molecule has 1 aromatic heterocycles. The Kier molecular flexibility index (Phi) is 3.66. The summed E-state index contributed by atoms with van der Waals surface area (Å²) in [4.78, 5) is 0.178. The van der Waals surface area contributed by atoms with E-state index in [9.17, 15) is 8.42 Å². The molecule has 0 aliphatic carbocycles. The van der Waals surface area contributed by atoms with Gasteiger partial charge in [-0.1, -0.05) is 23.7 Å². The van der Waals surface area contributed by atoms with Gasteiger partial charge >= 0.3 is 0 Å². The Morgan fingerprint density at radius 3 is 2.47 bits per heavy atom. The quantitative estimate of drug-likeness (QED) is 0.872. The van der Waals surface area contributed by atoms with Crippen LogP contribution in [0.4, 0.5) is 0 Å². The highest BCUT2D eigenvalue weighted by Crippen LogP contribution is 2.24. The topological polar surface area (TPSA) is 55.2 Å². The Morgan fingerprint density at radius 2 is 1.89 bits per heavy atom. The van der Waals surface area contributed by atoms with E-state index in [-0.39, 0.29) is 4.90 Å². The fourth-order valence-electron chi connectivity index (χ4n) is 1.71. The second-order valence-electron chi connectivity index (χ2n) is 4.24.